The number of carbonyl (C=O) groups excluding carboxylic acids is 2. The lowest BCUT2D eigenvalue weighted by Crippen LogP contribution is -2.42. The van der Waals surface area contributed by atoms with E-state index in [-0.39, 0.29) is 12.0 Å². The molecule has 1 rings (SSSR count). The van der Waals surface area contributed by atoms with E-state index in [1.165, 1.54) is 13.2 Å². The normalized spacial score (nSPS) is 12.2. The van der Waals surface area contributed by atoms with E-state index in [1.54, 1.807) is 6.08 Å². The first kappa shape index (κ1) is 18.8. The Hall–Kier alpha value is -2.24. The Kier molecular flexibility index (Phi) is 7.94. The molecule has 0 aliphatic carbocycles. The second-order valence-corrected chi connectivity index (χ2v) is 5.11. The summed E-state index contributed by atoms with van der Waals surface area (Å²) in [6.45, 7) is 2.04. The van der Waals surface area contributed by atoms with E-state index in [1.807, 2.05) is 6.92 Å². The number of ether oxygens (including phenoxy) is 1. The van der Waals surface area contributed by atoms with Crippen molar-refractivity contribution < 1.29 is 23.1 Å². The molecule has 0 fully saturated rings. The minimum absolute atomic E-state index is 0.0596. The summed E-state index contributed by atoms with van der Waals surface area (Å²) in [4.78, 5) is 23.6. The van der Waals surface area contributed by atoms with Crippen molar-refractivity contribution in [2.24, 2.45) is 0 Å². The zero-order valence-electron chi connectivity index (χ0n) is 13.3. The number of esters is 1. The van der Waals surface area contributed by atoms with Gasteiger partial charge in [0.2, 0.25) is 5.91 Å². The molecule has 23 heavy (non-hydrogen) atoms. The molecule has 1 aromatic rings. The lowest BCUT2D eigenvalue weighted by molar-refractivity contribution is -0.144. The minimum Gasteiger partial charge on any atom is -0.467 e. The lowest BCUT2D eigenvalue weighted by atomic mass is 10.1. The number of halogens is 2. The third kappa shape index (κ3) is 7.04. The smallest absolute Gasteiger partial charge is 0.328 e. The lowest BCUT2D eigenvalue weighted by Gasteiger charge is -2.15. The molecule has 0 spiro atoms. The summed E-state index contributed by atoms with van der Waals surface area (Å²) in [5, 5.41) is 2.49. The summed E-state index contributed by atoms with van der Waals surface area (Å²) >= 11 is 0. The summed E-state index contributed by atoms with van der Waals surface area (Å²) in [5.41, 5.74) is 0.258. The molecule has 4 nitrogen and oxygen atoms in total. The fourth-order valence-electron chi connectivity index (χ4n) is 2.03. The maximum absolute atomic E-state index is 13.2. The van der Waals surface area contributed by atoms with Crippen molar-refractivity contribution in [2.45, 2.75) is 38.6 Å². The molecule has 0 saturated heterocycles. The van der Waals surface area contributed by atoms with E-state index in [0.717, 1.165) is 37.5 Å². The largest absolute Gasteiger partial charge is 0.467 e. The van der Waals surface area contributed by atoms with Crippen molar-refractivity contribution in [3.63, 3.8) is 0 Å². The van der Waals surface area contributed by atoms with E-state index in [0.29, 0.717) is 0 Å². The van der Waals surface area contributed by atoms with E-state index in [9.17, 15) is 18.4 Å². The first-order chi connectivity index (χ1) is 11.0. The maximum Gasteiger partial charge on any atom is 0.328 e. The predicted molar refractivity (Wildman–Crippen MR) is 82.7 cm³/mol. The van der Waals surface area contributed by atoms with Gasteiger partial charge < -0.3 is 10.1 Å². The van der Waals surface area contributed by atoms with Gasteiger partial charge >= 0.3 is 5.97 Å². The summed E-state index contributed by atoms with van der Waals surface area (Å²) < 4.78 is 31.0. The number of nitrogens with one attached hydrogen (secondary N) is 1. The highest BCUT2D eigenvalue weighted by Gasteiger charge is 2.21. The number of benzene rings is 1. The fourth-order valence-corrected chi connectivity index (χ4v) is 2.03. The average molecular weight is 325 g/mol. The van der Waals surface area contributed by atoms with Crippen LogP contribution in [0.1, 0.15) is 31.7 Å². The summed E-state index contributed by atoms with van der Waals surface area (Å²) in [6.07, 6.45) is 5.75. The summed E-state index contributed by atoms with van der Waals surface area (Å²) in [7, 11) is 1.19. The van der Waals surface area contributed by atoms with E-state index < -0.39 is 29.6 Å². The van der Waals surface area contributed by atoms with Crippen LogP contribution >= 0.6 is 0 Å². The second-order valence-electron chi connectivity index (χ2n) is 5.11. The molecule has 0 radical (unpaired) electrons. The van der Waals surface area contributed by atoms with Crippen LogP contribution in [0.25, 0.3) is 0 Å². The van der Waals surface area contributed by atoms with Crippen LogP contribution in [0.4, 0.5) is 8.78 Å². The maximum atomic E-state index is 13.2. The van der Waals surface area contributed by atoms with Gasteiger partial charge in [0.05, 0.1) is 7.11 Å². The third-order valence-corrected chi connectivity index (χ3v) is 3.16. The van der Waals surface area contributed by atoms with Gasteiger partial charge in [-0.1, -0.05) is 25.8 Å². The molecule has 1 atom stereocenters. The number of allylic oxidation sites excluding steroid dienone is 1. The zero-order valence-corrected chi connectivity index (χ0v) is 13.3. The number of hydrogen-bond donors (Lipinski definition) is 1. The highest BCUT2D eigenvalue weighted by atomic mass is 19.1. The van der Waals surface area contributed by atoms with Crippen molar-refractivity contribution in [2.75, 3.05) is 7.11 Å². The van der Waals surface area contributed by atoms with Gasteiger partial charge in [-0.05, 0) is 30.2 Å². The minimum atomic E-state index is -1.01. The molecule has 0 aromatic heterocycles. The van der Waals surface area contributed by atoms with Crippen LogP contribution in [0, 0.1) is 11.6 Å². The quantitative estimate of drug-likeness (QED) is 0.454. The Labute approximate surface area is 134 Å². The molecule has 1 amide bonds. The molecule has 0 saturated carbocycles. The van der Waals surface area contributed by atoms with Crippen molar-refractivity contribution in [1.29, 1.82) is 0 Å². The van der Waals surface area contributed by atoms with Crippen LogP contribution in [0.5, 0.6) is 0 Å². The van der Waals surface area contributed by atoms with Crippen molar-refractivity contribution >= 4 is 11.9 Å². The average Bonchev–Trinajstić information content (AvgIpc) is 2.49. The number of amides is 1. The molecule has 6 heteroatoms. The molecule has 0 unspecified atom stereocenters. The Morgan fingerprint density at radius 2 is 1.91 bits per heavy atom. The van der Waals surface area contributed by atoms with Crippen molar-refractivity contribution in [3.8, 4) is 0 Å². The number of unbranched alkanes of at least 4 members (excludes halogenated alkanes) is 2. The van der Waals surface area contributed by atoms with Crippen LogP contribution in [-0.2, 0) is 20.7 Å². The Morgan fingerprint density at radius 3 is 2.48 bits per heavy atom. The van der Waals surface area contributed by atoms with Crippen LogP contribution in [-0.4, -0.2) is 25.0 Å². The SMILES string of the molecule is CCCC/C=C/C(=O)N[C@@H](Cc1cc(F)cc(F)c1)C(=O)OC. The summed E-state index contributed by atoms with van der Waals surface area (Å²) in [5.74, 6) is -2.61. The Balaban J connectivity index is 2.74. The molecule has 0 aliphatic heterocycles. The first-order valence-corrected chi connectivity index (χ1v) is 7.46. The molecule has 1 aromatic carbocycles. The van der Waals surface area contributed by atoms with Gasteiger partial charge in [0.25, 0.3) is 0 Å². The van der Waals surface area contributed by atoms with Crippen LogP contribution in [0.2, 0.25) is 0 Å². The highest BCUT2D eigenvalue weighted by molar-refractivity contribution is 5.91. The van der Waals surface area contributed by atoms with Gasteiger partial charge in [0.1, 0.15) is 17.7 Å². The van der Waals surface area contributed by atoms with Gasteiger partial charge in [-0.3, -0.25) is 4.79 Å². The van der Waals surface area contributed by atoms with Crippen molar-refractivity contribution in [1.82, 2.24) is 5.32 Å². The molecular weight excluding hydrogens is 304 g/mol. The zero-order chi connectivity index (χ0) is 17.2. The van der Waals surface area contributed by atoms with Gasteiger partial charge in [0, 0.05) is 12.5 Å². The monoisotopic (exact) mass is 325 g/mol. The first-order valence-electron chi connectivity index (χ1n) is 7.46. The summed E-state index contributed by atoms with van der Waals surface area (Å²) in [6, 6.07) is 1.96. The predicted octanol–water partition coefficient (Wildman–Crippen LogP) is 2.91. The van der Waals surface area contributed by atoms with E-state index in [2.05, 4.69) is 10.1 Å². The number of rotatable bonds is 8. The van der Waals surface area contributed by atoms with Gasteiger partial charge in [-0.15, -0.1) is 0 Å². The Morgan fingerprint density at radius 1 is 1.26 bits per heavy atom. The molecule has 0 heterocycles. The number of carbonyl (C=O) groups is 2. The van der Waals surface area contributed by atoms with Crippen molar-refractivity contribution in [3.05, 3.63) is 47.5 Å². The van der Waals surface area contributed by atoms with E-state index >= 15 is 0 Å². The van der Waals surface area contributed by atoms with Gasteiger partial charge in [-0.2, -0.15) is 0 Å². The van der Waals surface area contributed by atoms with Crippen LogP contribution in [0.15, 0.2) is 30.4 Å². The molecule has 0 bridgehead atoms. The number of methoxy groups -OCH3 is 1. The molecule has 126 valence electrons. The second kappa shape index (κ2) is 9.71. The van der Waals surface area contributed by atoms with E-state index in [4.69, 9.17) is 0 Å². The highest BCUT2D eigenvalue weighted by Crippen LogP contribution is 2.11. The standard InChI is InChI=1S/C17H21F2NO3/c1-3-4-5-6-7-16(21)20-15(17(22)23-2)10-12-8-13(18)11-14(19)9-12/h6-9,11,15H,3-5,10H2,1-2H3,(H,20,21)/b7-6+/t15-/m0/s1. The van der Waals surface area contributed by atoms with Crippen LogP contribution < -0.4 is 5.32 Å². The third-order valence-electron chi connectivity index (χ3n) is 3.16. The molecular formula is C17H21F2NO3. The fraction of sp³-hybridized carbons (Fsp3) is 0.412. The molecule has 1 N–H and O–H groups in total. The van der Waals surface area contributed by atoms with Gasteiger partial charge in [-0.25, -0.2) is 13.6 Å². The topological polar surface area (TPSA) is 55.4 Å². The number of hydrogen-bond acceptors (Lipinski definition) is 3. The Bertz CT molecular complexity index is 553. The van der Waals surface area contributed by atoms with Crippen LogP contribution in [0.3, 0.4) is 0 Å². The molecule has 0 aliphatic rings. The van der Waals surface area contributed by atoms with Gasteiger partial charge in [0.15, 0.2) is 0 Å².